The summed E-state index contributed by atoms with van der Waals surface area (Å²) in [7, 11) is 0. The number of aliphatic carboxylic acids is 1. The molecular formula is C14H23NO3. The van der Waals surface area contributed by atoms with Crippen LogP contribution in [0.4, 0.5) is 0 Å². The average Bonchev–Trinajstić information content (AvgIpc) is 2.50. The molecule has 0 aromatic carbocycles. The first-order valence-corrected chi connectivity index (χ1v) is 7.15. The van der Waals surface area contributed by atoms with Crippen LogP contribution in [0.3, 0.4) is 0 Å². The summed E-state index contributed by atoms with van der Waals surface area (Å²) in [6.07, 6.45) is 8.80. The van der Waals surface area contributed by atoms with Gasteiger partial charge in [0.2, 0.25) is 5.91 Å². The van der Waals surface area contributed by atoms with Gasteiger partial charge >= 0.3 is 5.97 Å². The largest absolute Gasteiger partial charge is 0.481 e. The monoisotopic (exact) mass is 253 g/mol. The molecule has 0 radical (unpaired) electrons. The third-order valence-electron chi connectivity index (χ3n) is 4.48. The van der Waals surface area contributed by atoms with E-state index in [1.807, 2.05) is 0 Å². The highest BCUT2D eigenvalue weighted by atomic mass is 16.4. The fourth-order valence-electron chi connectivity index (χ4n) is 3.01. The molecule has 2 rings (SSSR count). The van der Waals surface area contributed by atoms with Crippen molar-refractivity contribution < 1.29 is 14.7 Å². The van der Waals surface area contributed by atoms with Crippen molar-refractivity contribution in [2.75, 3.05) is 0 Å². The van der Waals surface area contributed by atoms with Crippen LogP contribution < -0.4 is 5.32 Å². The lowest BCUT2D eigenvalue weighted by molar-refractivity contribution is -0.153. The molecule has 0 bridgehead atoms. The molecule has 0 aromatic heterocycles. The van der Waals surface area contributed by atoms with Crippen LogP contribution in [0.25, 0.3) is 0 Å². The second-order valence-corrected chi connectivity index (χ2v) is 5.87. The molecule has 4 nitrogen and oxygen atoms in total. The number of hydrogen-bond acceptors (Lipinski definition) is 2. The first-order chi connectivity index (χ1) is 8.62. The molecule has 2 aliphatic rings. The van der Waals surface area contributed by atoms with Crippen molar-refractivity contribution in [3.8, 4) is 0 Å². The van der Waals surface area contributed by atoms with Gasteiger partial charge in [-0.25, -0.2) is 0 Å². The Balaban J connectivity index is 1.95. The predicted molar refractivity (Wildman–Crippen MR) is 68.2 cm³/mol. The summed E-state index contributed by atoms with van der Waals surface area (Å²) >= 11 is 0. The first-order valence-electron chi connectivity index (χ1n) is 7.15. The van der Waals surface area contributed by atoms with Gasteiger partial charge in [0, 0.05) is 12.5 Å². The summed E-state index contributed by atoms with van der Waals surface area (Å²) in [5, 5.41) is 12.4. The van der Waals surface area contributed by atoms with Gasteiger partial charge in [0.15, 0.2) is 0 Å². The minimum Gasteiger partial charge on any atom is -0.481 e. The zero-order chi connectivity index (χ0) is 13.0. The van der Waals surface area contributed by atoms with Gasteiger partial charge in [-0.05, 0) is 32.1 Å². The number of carbonyl (C=O) groups excluding carboxylic acids is 1. The van der Waals surface area contributed by atoms with Gasteiger partial charge in [0.1, 0.15) is 0 Å². The molecular weight excluding hydrogens is 230 g/mol. The van der Waals surface area contributed by atoms with Crippen LogP contribution >= 0.6 is 0 Å². The molecule has 4 heteroatoms. The number of rotatable bonds is 4. The molecule has 102 valence electrons. The smallest absolute Gasteiger partial charge is 0.310 e. The van der Waals surface area contributed by atoms with Gasteiger partial charge in [-0.1, -0.05) is 25.7 Å². The van der Waals surface area contributed by atoms with Crippen molar-refractivity contribution in [3.05, 3.63) is 0 Å². The zero-order valence-corrected chi connectivity index (χ0v) is 10.9. The summed E-state index contributed by atoms with van der Waals surface area (Å²) in [4.78, 5) is 23.5. The topological polar surface area (TPSA) is 66.4 Å². The minimum atomic E-state index is -0.801. The number of carbonyl (C=O) groups is 2. The second kappa shape index (κ2) is 5.72. The fraction of sp³-hybridized carbons (Fsp3) is 0.857. The summed E-state index contributed by atoms with van der Waals surface area (Å²) in [5.41, 5.74) is -0.801. The molecule has 0 aromatic rings. The molecule has 0 spiro atoms. The van der Waals surface area contributed by atoms with E-state index in [1.54, 1.807) is 0 Å². The highest BCUT2D eigenvalue weighted by Gasteiger charge is 2.40. The Morgan fingerprint density at radius 1 is 1.06 bits per heavy atom. The summed E-state index contributed by atoms with van der Waals surface area (Å²) in [5.74, 6) is -0.850. The Labute approximate surface area is 108 Å². The van der Waals surface area contributed by atoms with E-state index in [0.717, 1.165) is 38.5 Å². The Bertz CT molecular complexity index is 315. The molecule has 0 heterocycles. The summed E-state index contributed by atoms with van der Waals surface area (Å²) < 4.78 is 0. The highest BCUT2D eigenvalue weighted by molar-refractivity contribution is 5.85. The Morgan fingerprint density at radius 2 is 1.67 bits per heavy atom. The van der Waals surface area contributed by atoms with E-state index in [2.05, 4.69) is 5.32 Å². The van der Waals surface area contributed by atoms with Crippen LogP contribution in [0.2, 0.25) is 0 Å². The van der Waals surface area contributed by atoms with Crippen LogP contribution in [-0.2, 0) is 9.59 Å². The minimum absolute atomic E-state index is 0.0657. The average molecular weight is 253 g/mol. The number of carboxylic acids is 1. The quantitative estimate of drug-likeness (QED) is 0.756. The molecule has 2 aliphatic carbocycles. The van der Waals surface area contributed by atoms with Gasteiger partial charge in [-0.2, -0.15) is 0 Å². The third-order valence-corrected chi connectivity index (χ3v) is 4.48. The van der Waals surface area contributed by atoms with Gasteiger partial charge in [0.05, 0.1) is 5.41 Å². The number of hydrogen-bond donors (Lipinski definition) is 2. The first kappa shape index (κ1) is 13.4. The SMILES string of the molecule is O=C(CC1(C(=O)O)CCCCCC1)NC1CCC1. The third kappa shape index (κ3) is 3.03. The zero-order valence-electron chi connectivity index (χ0n) is 10.9. The van der Waals surface area contributed by atoms with Crippen molar-refractivity contribution in [3.63, 3.8) is 0 Å². The second-order valence-electron chi connectivity index (χ2n) is 5.87. The van der Waals surface area contributed by atoms with Crippen LogP contribution in [0.15, 0.2) is 0 Å². The standard InChI is InChI=1S/C14H23NO3/c16-12(15-11-6-5-7-11)10-14(13(17)18)8-3-1-2-4-9-14/h11H,1-10H2,(H,15,16)(H,17,18). The molecule has 0 aliphatic heterocycles. The van der Waals surface area contributed by atoms with Gasteiger partial charge < -0.3 is 10.4 Å². The van der Waals surface area contributed by atoms with Crippen molar-refractivity contribution in [1.29, 1.82) is 0 Å². The van der Waals surface area contributed by atoms with Crippen LogP contribution in [0, 0.1) is 5.41 Å². The fourth-order valence-corrected chi connectivity index (χ4v) is 3.01. The van der Waals surface area contributed by atoms with Crippen LogP contribution in [-0.4, -0.2) is 23.0 Å². The molecule has 18 heavy (non-hydrogen) atoms. The van der Waals surface area contributed by atoms with Gasteiger partial charge in [-0.15, -0.1) is 0 Å². The molecule has 2 N–H and O–H groups in total. The lowest BCUT2D eigenvalue weighted by Gasteiger charge is -2.31. The lowest BCUT2D eigenvalue weighted by atomic mass is 9.77. The van der Waals surface area contributed by atoms with E-state index < -0.39 is 11.4 Å². The maximum Gasteiger partial charge on any atom is 0.310 e. The Kier molecular flexibility index (Phi) is 4.25. The molecule has 2 saturated carbocycles. The van der Waals surface area contributed by atoms with Crippen molar-refractivity contribution in [1.82, 2.24) is 5.32 Å². The van der Waals surface area contributed by atoms with E-state index in [4.69, 9.17) is 0 Å². The van der Waals surface area contributed by atoms with Crippen molar-refractivity contribution >= 4 is 11.9 Å². The summed E-state index contributed by atoms with van der Waals surface area (Å²) in [6, 6.07) is 0.300. The lowest BCUT2D eigenvalue weighted by Crippen LogP contribution is -2.43. The van der Waals surface area contributed by atoms with Gasteiger partial charge in [0.25, 0.3) is 0 Å². The van der Waals surface area contributed by atoms with E-state index in [1.165, 1.54) is 6.42 Å². The van der Waals surface area contributed by atoms with Crippen molar-refractivity contribution in [2.24, 2.45) is 5.41 Å². The maximum absolute atomic E-state index is 12.0. The van der Waals surface area contributed by atoms with Crippen molar-refractivity contribution in [2.45, 2.75) is 70.3 Å². The predicted octanol–water partition coefficient (Wildman–Crippen LogP) is 2.47. The Hall–Kier alpha value is -1.06. The van der Waals surface area contributed by atoms with E-state index >= 15 is 0 Å². The van der Waals surface area contributed by atoms with E-state index in [9.17, 15) is 14.7 Å². The molecule has 2 fully saturated rings. The number of amides is 1. The normalized spacial score (nSPS) is 23.8. The van der Waals surface area contributed by atoms with Crippen LogP contribution in [0.5, 0.6) is 0 Å². The van der Waals surface area contributed by atoms with E-state index in [0.29, 0.717) is 18.9 Å². The van der Waals surface area contributed by atoms with Crippen LogP contribution in [0.1, 0.15) is 64.2 Å². The number of nitrogens with one attached hydrogen (secondary N) is 1. The molecule has 1 amide bonds. The maximum atomic E-state index is 12.0. The molecule has 0 saturated heterocycles. The Morgan fingerprint density at radius 3 is 2.11 bits per heavy atom. The van der Waals surface area contributed by atoms with Gasteiger partial charge in [-0.3, -0.25) is 9.59 Å². The highest BCUT2D eigenvalue weighted by Crippen LogP contribution is 2.38. The molecule has 0 atom stereocenters. The molecule has 0 unspecified atom stereocenters. The van der Waals surface area contributed by atoms with E-state index in [-0.39, 0.29) is 12.3 Å². The number of carboxylic acid groups (broad SMARTS) is 1. The summed E-state index contributed by atoms with van der Waals surface area (Å²) in [6.45, 7) is 0.